The van der Waals surface area contributed by atoms with E-state index < -0.39 is 0 Å². The van der Waals surface area contributed by atoms with Crippen LogP contribution in [0.1, 0.15) is 29.4 Å². The number of nitrogens with zero attached hydrogens (tertiary/aromatic N) is 2. The third-order valence-electron chi connectivity index (χ3n) is 2.04. The molecule has 2 aromatic heterocycles. The zero-order valence-electron chi connectivity index (χ0n) is 8.81. The molecule has 0 aliphatic rings. The average Bonchev–Trinajstić information content (AvgIpc) is 2.91. The molecule has 1 atom stereocenters. The SMILES string of the molecule is CCCNC(c1nccs1)c1ncc(Cl)s1. The van der Waals surface area contributed by atoms with Crippen LogP contribution in [-0.2, 0) is 0 Å². The van der Waals surface area contributed by atoms with Gasteiger partial charge in [-0.3, -0.25) is 0 Å². The Hall–Kier alpha value is -0.490. The number of nitrogens with one attached hydrogen (secondary N) is 1. The van der Waals surface area contributed by atoms with Gasteiger partial charge in [-0.05, 0) is 13.0 Å². The highest BCUT2D eigenvalue weighted by molar-refractivity contribution is 7.16. The molecule has 0 amide bonds. The van der Waals surface area contributed by atoms with E-state index in [1.807, 2.05) is 11.6 Å². The van der Waals surface area contributed by atoms with Gasteiger partial charge in [0.25, 0.3) is 0 Å². The molecular formula is C10H12ClN3S2. The predicted molar refractivity (Wildman–Crippen MR) is 69.4 cm³/mol. The van der Waals surface area contributed by atoms with Gasteiger partial charge in [0.1, 0.15) is 20.4 Å². The molecule has 1 unspecified atom stereocenters. The van der Waals surface area contributed by atoms with Crippen molar-refractivity contribution < 1.29 is 0 Å². The molecule has 1 N–H and O–H groups in total. The Morgan fingerprint density at radius 2 is 2.31 bits per heavy atom. The first-order valence-electron chi connectivity index (χ1n) is 5.05. The van der Waals surface area contributed by atoms with Crippen molar-refractivity contribution in [2.75, 3.05) is 6.54 Å². The van der Waals surface area contributed by atoms with Gasteiger partial charge in [0.2, 0.25) is 0 Å². The largest absolute Gasteiger partial charge is 0.302 e. The topological polar surface area (TPSA) is 37.8 Å². The third kappa shape index (κ3) is 2.79. The molecule has 0 fully saturated rings. The van der Waals surface area contributed by atoms with Crippen molar-refractivity contribution in [3.63, 3.8) is 0 Å². The van der Waals surface area contributed by atoms with Crippen LogP contribution >= 0.6 is 34.3 Å². The molecule has 0 bridgehead atoms. The fourth-order valence-electron chi connectivity index (χ4n) is 1.35. The Balaban J connectivity index is 2.21. The van der Waals surface area contributed by atoms with Crippen molar-refractivity contribution in [1.82, 2.24) is 15.3 Å². The summed E-state index contributed by atoms with van der Waals surface area (Å²) in [5.74, 6) is 0. The van der Waals surface area contributed by atoms with E-state index in [4.69, 9.17) is 11.6 Å². The Morgan fingerprint density at radius 1 is 1.44 bits per heavy atom. The minimum Gasteiger partial charge on any atom is -0.302 e. The molecule has 0 aromatic carbocycles. The highest BCUT2D eigenvalue weighted by atomic mass is 35.5. The van der Waals surface area contributed by atoms with E-state index in [0.29, 0.717) is 0 Å². The van der Waals surface area contributed by atoms with E-state index in [9.17, 15) is 0 Å². The molecule has 0 saturated carbocycles. The molecule has 16 heavy (non-hydrogen) atoms. The van der Waals surface area contributed by atoms with Gasteiger partial charge in [-0.1, -0.05) is 18.5 Å². The number of aromatic nitrogens is 2. The van der Waals surface area contributed by atoms with Gasteiger partial charge in [-0.15, -0.1) is 22.7 Å². The number of halogens is 1. The lowest BCUT2D eigenvalue weighted by atomic mass is 10.3. The summed E-state index contributed by atoms with van der Waals surface area (Å²) in [6, 6.07) is 0.0810. The summed E-state index contributed by atoms with van der Waals surface area (Å²) in [6.45, 7) is 3.09. The van der Waals surface area contributed by atoms with Crippen LogP contribution in [0.2, 0.25) is 4.34 Å². The van der Waals surface area contributed by atoms with Crippen LogP contribution in [0, 0.1) is 0 Å². The molecule has 0 radical (unpaired) electrons. The van der Waals surface area contributed by atoms with Crippen LogP contribution in [-0.4, -0.2) is 16.5 Å². The van der Waals surface area contributed by atoms with Crippen LogP contribution < -0.4 is 5.32 Å². The molecule has 3 nitrogen and oxygen atoms in total. The van der Waals surface area contributed by atoms with Crippen LogP contribution in [0.5, 0.6) is 0 Å². The first-order chi connectivity index (χ1) is 7.81. The molecule has 6 heteroatoms. The molecule has 2 aromatic rings. The third-order valence-corrected chi connectivity index (χ3v) is 4.06. The van der Waals surface area contributed by atoms with Gasteiger partial charge in [-0.2, -0.15) is 0 Å². The maximum absolute atomic E-state index is 5.91. The van der Waals surface area contributed by atoms with E-state index in [-0.39, 0.29) is 6.04 Å². The zero-order chi connectivity index (χ0) is 11.4. The second-order valence-corrected chi connectivity index (χ2v) is 5.88. The second kappa shape index (κ2) is 5.72. The summed E-state index contributed by atoms with van der Waals surface area (Å²) < 4.78 is 0.717. The summed E-state index contributed by atoms with van der Waals surface area (Å²) in [7, 11) is 0. The van der Waals surface area contributed by atoms with Gasteiger partial charge < -0.3 is 5.32 Å². The number of rotatable bonds is 5. The number of hydrogen-bond acceptors (Lipinski definition) is 5. The van der Waals surface area contributed by atoms with Gasteiger partial charge in [0.05, 0.1) is 6.20 Å². The van der Waals surface area contributed by atoms with Crippen LogP contribution in [0.4, 0.5) is 0 Å². The molecule has 0 spiro atoms. The maximum Gasteiger partial charge on any atom is 0.118 e. The van der Waals surface area contributed by atoms with Crippen molar-refractivity contribution in [2.24, 2.45) is 0 Å². The summed E-state index contributed by atoms with van der Waals surface area (Å²) >= 11 is 9.05. The van der Waals surface area contributed by atoms with Crippen molar-refractivity contribution in [1.29, 1.82) is 0 Å². The average molecular weight is 274 g/mol. The summed E-state index contributed by atoms with van der Waals surface area (Å²) in [4.78, 5) is 8.65. The zero-order valence-corrected chi connectivity index (χ0v) is 11.2. The van der Waals surface area contributed by atoms with E-state index in [0.717, 1.165) is 27.3 Å². The molecule has 2 heterocycles. The Morgan fingerprint density at radius 3 is 2.88 bits per heavy atom. The lowest BCUT2D eigenvalue weighted by molar-refractivity contribution is 0.593. The number of hydrogen-bond donors (Lipinski definition) is 1. The van der Waals surface area contributed by atoms with Gasteiger partial charge >= 0.3 is 0 Å². The van der Waals surface area contributed by atoms with Gasteiger partial charge in [0, 0.05) is 11.6 Å². The van der Waals surface area contributed by atoms with E-state index >= 15 is 0 Å². The van der Waals surface area contributed by atoms with Crippen molar-refractivity contribution in [2.45, 2.75) is 19.4 Å². The molecule has 2 rings (SSSR count). The van der Waals surface area contributed by atoms with Crippen LogP contribution in [0.15, 0.2) is 17.8 Å². The molecule has 0 saturated heterocycles. The normalized spacial score (nSPS) is 12.9. The van der Waals surface area contributed by atoms with Gasteiger partial charge in [0.15, 0.2) is 0 Å². The fraction of sp³-hybridized carbons (Fsp3) is 0.400. The highest BCUT2D eigenvalue weighted by Crippen LogP contribution is 2.29. The van der Waals surface area contributed by atoms with Crippen molar-refractivity contribution in [3.8, 4) is 0 Å². The summed E-state index contributed by atoms with van der Waals surface area (Å²) in [6.07, 6.45) is 4.59. The fourth-order valence-corrected chi connectivity index (χ4v) is 3.14. The van der Waals surface area contributed by atoms with E-state index in [1.54, 1.807) is 17.5 Å². The smallest absolute Gasteiger partial charge is 0.118 e. The standard InChI is InChI=1S/C10H12ClN3S2/c1-2-3-12-8(9-13-4-5-15-9)10-14-6-7(11)16-10/h4-6,8,12H,2-3H2,1H3. The monoisotopic (exact) mass is 273 g/mol. The predicted octanol–water partition coefficient (Wildman–Crippen LogP) is 3.34. The van der Waals surface area contributed by atoms with E-state index in [2.05, 4.69) is 22.2 Å². The molecule has 86 valence electrons. The summed E-state index contributed by atoms with van der Waals surface area (Å²) in [5, 5.41) is 7.44. The Labute approximate surface area is 108 Å². The van der Waals surface area contributed by atoms with Crippen molar-refractivity contribution in [3.05, 3.63) is 32.1 Å². The second-order valence-electron chi connectivity index (χ2n) is 3.26. The molecule has 0 aliphatic carbocycles. The molecular weight excluding hydrogens is 262 g/mol. The van der Waals surface area contributed by atoms with E-state index in [1.165, 1.54) is 11.3 Å². The highest BCUT2D eigenvalue weighted by Gasteiger charge is 2.19. The summed E-state index contributed by atoms with van der Waals surface area (Å²) in [5.41, 5.74) is 0. The first kappa shape index (κ1) is 12.0. The maximum atomic E-state index is 5.91. The first-order valence-corrected chi connectivity index (χ1v) is 7.12. The minimum absolute atomic E-state index is 0.0810. The lowest BCUT2D eigenvalue weighted by Crippen LogP contribution is -2.22. The van der Waals surface area contributed by atoms with Gasteiger partial charge in [-0.25, -0.2) is 9.97 Å². The van der Waals surface area contributed by atoms with Crippen LogP contribution in [0.3, 0.4) is 0 Å². The van der Waals surface area contributed by atoms with Crippen LogP contribution in [0.25, 0.3) is 0 Å². The number of thiazole rings is 2. The quantitative estimate of drug-likeness (QED) is 0.908. The Bertz CT molecular complexity index is 427. The van der Waals surface area contributed by atoms with Crippen molar-refractivity contribution >= 4 is 34.3 Å². The lowest BCUT2D eigenvalue weighted by Gasteiger charge is -2.12. The molecule has 0 aliphatic heterocycles. The minimum atomic E-state index is 0.0810. The Kier molecular flexibility index (Phi) is 4.29.